The van der Waals surface area contributed by atoms with Gasteiger partial charge in [-0.2, -0.15) is 0 Å². The van der Waals surface area contributed by atoms with E-state index in [0.29, 0.717) is 18.9 Å². The highest BCUT2D eigenvalue weighted by atomic mass is 16.3. The highest BCUT2D eigenvalue weighted by Gasteiger charge is 2.32. The summed E-state index contributed by atoms with van der Waals surface area (Å²) < 4.78 is 0. The Kier molecular flexibility index (Phi) is 3.76. The van der Waals surface area contributed by atoms with Gasteiger partial charge in [-0.25, -0.2) is 9.97 Å². The average Bonchev–Trinajstić information content (AvgIpc) is 3.19. The van der Waals surface area contributed by atoms with Crippen LogP contribution in [0, 0.1) is 5.92 Å². The number of hydrogen-bond donors (Lipinski definition) is 3. The van der Waals surface area contributed by atoms with Gasteiger partial charge in [-0.15, -0.1) is 0 Å². The van der Waals surface area contributed by atoms with E-state index in [0.717, 1.165) is 34.9 Å². The molecule has 3 aromatic rings. The van der Waals surface area contributed by atoms with Gasteiger partial charge in [0.1, 0.15) is 17.0 Å². The number of imidazole rings is 1. The predicted octanol–water partition coefficient (Wildman–Crippen LogP) is 1.99. The van der Waals surface area contributed by atoms with E-state index >= 15 is 0 Å². The number of carbonyl (C=O) groups is 1. The van der Waals surface area contributed by atoms with E-state index in [1.165, 1.54) is 0 Å². The number of nitrogens with zero attached hydrogens (tertiary/aromatic N) is 3. The molecule has 0 aliphatic carbocycles. The fourth-order valence-corrected chi connectivity index (χ4v) is 3.70. The molecule has 3 N–H and O–H groups in total. The SMILES string of the molecule is CC(C)(O)C1CCN(C(=O)Cc2nc3c(cnc4[nH]ccc43)[nH]2)CC1. The number of likely N-dealkylation sites (tertiary alicyclic amines) is 1. The largest absolute Gasteiger partial charge is 0.390 e. The molecule has 1 aliphatic heterocycles. The van der Waals surface area contributed by atoms with Gasteiger partial charge >= 0.3 is 0 Å². The zero-order valence-electron chi connectivity index (χ0n) is 14.5. The van der Waals surface area contributed by atoms with Crippen LogP contribution in [0.3, 0.4) is 0 Å². The standard InChI is InChI=1S/C18H23N5O2/c1-18(2,25)11-4-7-23(8-5-11)15(24)9-14-21-13-10-20-17-12(3-6-19-17)16(13)22-14/h3,6,10-11,25H,4-5,7-9H2,1-2H3,(H,19,20)(H,21,22). The second kappa shape index (κ2) is 5.84. The number of rotatable bonds is 3. The monoisotopic (exact) mass is 341 g/mol. The van der Waals surface area contributed by atoms with Crippen molar-refractivity contribution in [3.63, 3.8) is 0 Å². The molecule has 1 aliphatic rings. The third-order valence-corrected chi connectivity index (χ3v) is 5.25. The molecule has 0 bridgehead atoms. The molecule has 0 unspecified atom stereocenters. The topological polar surface area (TPSA) is 97.9 Å². The van der Waals surface area contributed by atoms with Gasteiger partial charge in [0.15, 0.2) is 0 Å². The number of aromatic nitrogens is 4. The van der Waals surface area contributed by atoms with Crippen molar-refractivity contribution in [3.8, 4) is 0 Å². The smallest absolute Gasteiger partial charge is 0.230 e. The van der Waals surface area contributed by atoms with E-state index in [1.54, 1.807) is 6.20 Å². The summed E-state index contributed by atoms with van der Waals surface area (Å²) in [7, 11) is 0. The molecule has 3 aromatic heterocycles. The van der Waals surface area contributed by atoms with Crippen LogP contribution in [0.25, 0.3) is 22.1 Å². The van der Waals surface area contributed by atoms with Gasteiger partial charge in [0.2, 0.25) is 5.91 Å². The first-order chi connectivity index (χ1) is 11.9. The maximum absolute atomic E-state index is 12.6. The number of aliphatic hydroxyl groups is 1. The molecule has 1 fully saturated rings. The Morgan fingerprint density at radius 3 is 2.88 bits per heavy atom. The van der Waals surface area contributed by atoms with Crippen molar-refractivity contribution in [2.75, 3.05) is 13.1 Å². The van der Waals surface area contributed by atoms with Crippen molar-refractivity contribution in [2.45, 2.75) is 38.7 Å². The van der Waals surface area contributed by atoms with E-state index < -0.39 is 5.60 Å². The maximum atomic E-state index is 12.6. The summed E-state index contributed by atoms with van der Waals surface area (Å²) >= 11 is 0. The fraction of sp³-hybridized carbons (Fsp3) is 0.500. The van der Waals surface area contributed by atoms with Crippen LogP contribution in [0.1, 0.15) is 32.5 Å². The van der Waals surface area contributed by atoms with Crippen molar-refractivity contribution < 1.29 is 9.90 Å². The molecule has 1 saturated heterocycles. The number of amides is 1. The summed E-state index contributed by atoms with van der Waals surface area (Å²) in [6.07, 6.45) is 5.51. The molecule has 25 heavy (non-hydrogen) atoms. The Morgan fingerprint density at radius 2 is 2.16 bits per heavy atom. The lowest BCUT2D eigenvalue weighted by atomic mass is 9.83. The molecular weight excluding hydrogens is 318 g/mol. The van der Waals surface area contributed by atoms with Crippen LogP contribution in [0.5, 0.6) is 0 Å². The van der Waals surface area contributed by atoms with Crippen LogP contribution in [0.2, 0.25) is 0 Å². The summed E-state index contributed by atoms with van der Waals surface area (Å²) in [6, 6.07) is 1.94. The average molecular weight is 341 g/mol. The van der Waals surface area contributed by atoms with E-state index in [2.05, 4.69) is 19.9 Å². The van der Waals surface area contributed by atoms with Gasteiger partial charge < -0.3 is 20.0 Å². The first kappa shape index (κ1) is 16.1. The highest BCUT2D eigenvalue weighted by molar-refractivity contribution is 6.00. The number of piperidine rings is 1. The molecule has 132 valence electrons. The van der Waals surface area contributed by atoms with Crippen molar-refractivity contribution in [3.05, 3.63) is 24.3 Å². The molecule has 0 atom stereocenters. The third kappa shape index (κ3) is 3.00. The summed E-state index contributed by atoms with van der Waals surface area (Å²) in [5.74, 6) is 0.988. The van der Waals surface area contributed by atoms with Crippen LogP contribution in [0.4, 0.5) is 0 Å². The molecule has 0 saturated carbocycles. The van der Waals surface area contributed by atoms with Crippen LogP contribution >= 0.6 is 0 Å². The number of pyridine rings is 1. The third-order valence-electron chi connectivity index (χ3n) is 5.25. The van der Waals surface area contributed by atoms with Crippen LogP contribution in [-0.2, 0) is 11.2 Å². The second-order valence-corrected chi connectivity index (χ2v) is 7.43. The Balaban J connectivity index is 1.47. The predicted molar refractivity (Wildman–Crippen MR) is 95.1 cm³/mol. The minimum absolute atomic E-state index is 0.0755. The van der Waals surface area contributed by atoms with Crippen molar-refractivity contribution >= 4 is 28.0 Å². The van der Waals surface area contributed by atoms with Crippen LogP contribution < -0.4 is 0 Å². The van der Waals surface area contributed by atoms with Gasteiger partial charge in [0.05, 0.1) is 23.7 Å². The number of aromatic amines is 2. The lowest BCUT2D eigenvalue weighted by molar-refractivity contribution is -0.133. The van der Waals surface area contributed by atoms with Crippen molar-refractivity contribution in [2.24, 2.45) is 5.92 Å². The van der Waals surface area contributed by atoms with Gasteiger partial charge in [-0.3, -0.25) is 4.79 Å². The first-order valence-electron chi connectivity index (χ1n) is 8.72. The first-order valence-corrected chi connectivity index (χ1v) is 8.72. The fourth-order valence-electron chi connectivity index (χ4n) is 3.70. The van der Waals surface area contributed by atoms with Gasteiger partial charge in [0.25, 0.3) is 0 Å². The number of hydrogen-bond acceptors (Lipinski definition) is 4. The summed E-state index contributed by atoms with van der Waals surface area (Å²) in [5.41, 5.74) is 1.80. The van der Waals surface area contributed by atoms with Gasteiger partial charge in [-0.1, -0.05) is 0 Å². The number of H-pyrrole nitrogens is 2. The lowest BCUT2D eigenvalue weighted by Gasteiger charge is -2.37. The lowest BCUT2D eigenvalue weighted by Crippen LogP contribution is -2.44. The Bertz CT molecular complexity index is 912. The number of fused-ring (bicyclic) bond motifs is 3. The minimum Gasteiger partial charge on any atom is -0.390 e. The van der Waals surface area contributed by atoms with Crippen LogP contribution in [0.15, 0.2) is 18.5 Å². The summed E-state index contributed by atoms with van der Waals surface area (Å²) in [5, 5.41) is 11.1. The molecule has 4 heterocycles. The molecule has 7 nitrogen and oxygen atoms in total. The van der Waals surface area contributed by atoms with Gasteiger partial charge in [0, 0.05) is 24.7 Å². The molecule has 7 heteroatoms. The zero-order valence-corrected chi connectivity index (χ0v) is 14.5. The molecule has 0 spiro atoms. The van der Waals surface area contributed by atoms with E-state index in [-0.39, 0.29) is 18.2 Å². The Hall–Kier alpha value is -2.41. The molecule has 4 rings (SSSR count). The Labute approximate surface area is 145 Å². The molecular formula is C18H23N5O2. The van der Waals surface area contributed by atoms with Gasteiger partial charge in [-0.05, 0) is 38.7 Å². The maximum Gasteiger partial charge on any atom is 0.230 e. The van der Waals surface area contributed by atoms with E-state index in [1.807, 2.05) is 31.0 Å². The minimum atomic E-state index is -0.678. The summed E-state index contributed by atoms with van der Waals surface area (Å²) in [6.45, 7) is 5.08. The molecule has 0 radical (unpaired) electrons. The van der Waals surface area contributed by atoms with Crippen molar-refractivity contribution in [1.29, 1.82) is 0 Å². The highest BCUT2D eigenvalue weighted by Crippen LogP contribution is 2.28. The normalized spacial score (nSPS) is 16.8. The second-order valence-electron chi connectivity index (χ2n) is 7.43. The zero-order chi connectivity index (χ0) is 17.6. The summed E-state index contributed by atoms with van der Waals surface area (Å²) in [4.78, 5) is 29.7. The van der Waals surface area contributed by atoms with E-state index in [4.69, 9.17) is 0 Å². The molecule has 1 amide bonds. The van der Waals surface area contributed by atoms with Crippen molar-refractivity contribution in [1.82, 2.24) is 24.8 Å². The van der Waals surface area contributed by atoms with E-state index in [9.17, 15) is 9.90 Å². The quantitative estimate of drug-likeness (QED) is 0.678. The Morgan fingerprint density at radius 1 is 1.40 bits per heavy atom. The number of carbonyl (C=O) groups excluding carboxylic acids is 1. The number of nitrogens with one attached hydrogen (secondary N) is 2. The van der Waals surface area contributed by atoms with Crippen LogP contribution in [-0.4, -0.2) is 54.5 Å². The molecule has 0 aromatic carbocycles.